The second-order valence-corrected chi connectivity index (χ2v) is 9.29. The summed E-state index contributed by atoms with van der Waals surface area (Å²) < 4.78 is 2.01. The summed E-state index contributed by atoms with van der Waals surface area (Å²) in [5.41, 5.74) is 2.09. The van der Waals surface area contributed by atoms with E-state index >= 15 is 0 Å². The van der Waals surface area contributed by atoms with Crippen LogP contribution in [0.1, 0.15) is 11.1 Å². The van der Waals surface area contributed by atoms with Crippen molar-refractivity contribution in [2.45, 2.75) is 25.2 Å². The number of rotatable bonds is 4. The SMILES string of the molecule is O=C1SCC2C1N(Cc1ccc(Br)cc1)C(=O)N2Cc1ccc(Br)cc1. The zero-order chi connectivity index (χ0) is 18.3. The Bertz CT molecular complexity index is 842. The van der Waals surface area contributed by atoms with Crippen molar-refractivity contribution in [1.82, 2.24) is 9.80 Å². The Balaban J connectivity index is 1.58. The van der Waals surface area contributed by atoms with Crippen molar-refractivity contribution in [2.75, 3.05) is 5.75 Å². The molecule has 26 heavy (non-hydrogen) atoms. The zero-order valence-corrected chi connectivity index (χ0v) is 17.8. The number of hydrogen-bond donors (Lipinski definition) is 0. The van der Waals surface area contributed by atoms with Gasteiger partial charge in [0.15, 0.2) is 0 Å². The van der Waals surface area contributed by atoms with Gasteiger partial charge in [-0.05, 0) is 35.4 Å². The van der Waals surface area contributed by atoms with E-state index in [0.29, 0.717) is 18.8 Å². The van der Waals surface area contributed by atoms with Crippen LogP contribution < -0.4 is 0 Å². The van der Waals surface area contributed by atoms with E-state index < -0.39 is 0 Å². The number of carbonyl (C=O) groups excluding carboxylic acids is 2. The van der Waals surface area contributed by atoms with E-state index in [1.165, 1.54) is 11.8 Å². The van der Waals surface area contributed by atoms with Gasteiger partial charge in [-0.1, -0.05) is 67.9 Å². The second-order valence-electron chi connectivity index (χ2n) is 6.43. The van der Waals surface area contributed by atoms with E-state index in [4.69, 9.17) is 0 Å². The van der Waals surface area contributed by atoms with Crippen molar-refractivity contribution in [3.8, 4) is 0 Å². The van der Waals surface area contributed by atoms with E-state index in [1.54, 1.807) is 4.90 Å². The summed E-state index contributed by atoms with van der Waals surface area (Å²) in [6, 6.07) is 15.4. The molecule has 7 heteroatoms. The van der Waals surface area contributed by atoms with Gasteiger partial charge in [-0.2, -0.15) is 0 Å². The van der Waals surface area contributed by atoms with Crippen LogP contribution in [-0.4, -0.2) is 38.8 Å². The molecule has 0 saturated carbocycles. The molecule has 2 saturated heterocycles. The van der Waals surface area contributed by atoms with E-state index in [2.05, 4.69) is 31.9 Å². The first-order valence-electron chi connectivity index (χ1n) is 8.26. The van der Waals surface area contributed by atoms with Crippen LogP contribution in [0.3, 0.4) is 0 Å². The van der Waals surface area contributed by atoms with Crippen molar-refractivity contribution in [3.63, 3.8) is 0 Å². The maximum absolute atomic E-state index is 13.1. The molecule has 0 bridgehead atoms. The molecule has 2 unspecified atom stereocenters. The molecular formula is C19H16Br2N2O2S. The summed E-state index contributed by atoms with van der Waals surface area (Å²) in [5.74, 6) is 0.669. The molecule has 134 valence electrons. The summed E-state index contributed by atoms with van der Waals surface area (Å²) in [6.07, 6.45) is 0. The number of urea groups is 1. The van der Waals surface area contributed by atoms with E-state index in [1.807, 2.05) is 53.4 Å². The molecule has 2 aliphatic heterocycles. The Morgan fingerprint density at radius 1 is 0.846 bits per heavy atom. The summed E-state index contributed by atoms with van der Waals surface area (Å²) in [6.45, 7) is 0.981. The molecule has 0 N–H and O–H groups in total. The number of halogens is 2. The van der Waals surface area contributed by atoms with Crippen molar-refractivity contribution >= 4 is 54.8 Å². The monoisotopic (exact) mass is 494 g/mol. The first-order valence-corrected chi connectivity index (χ1v) is 10.8. The molecule has 2 heterocycles. The third-order valence-corrected chi connectivity index (χ3v) is 6.85. The van der Waals surface area contributed by atoms with Crippen LogP contribution in [0.25, 0.3) is 0 Å². The summed E-state index contributed by atoms with van der Waals surface area (Å²) in [7, 11) is 0. The molecule has 2 amide bonds. The molecule has 2 atom stereocenters. The Hall–Kier alpha value is -1.31. The number of benzene rings is 2. The fourth-order valence-corrected chi connectivity index (χ4v) is 5.13. The standard InChI is InChI=1S/C19H16Br2N2O2S/c20-14-5-1-12(2-6-14)9-22-16-11-26-18(24)17(16)23(19(22)25)10-13-3-7-15(21)8-4-13/h1-8,16-17H,9-11H2. The minimum atomic E-state index is -0.355. The number of nitrogens with zero attached hydrogens (tertiary/aromatic N) is 2. The number of thioether (sulfide) groups is 1. The molecule has 4 rings (SSSR count). The predicted octanol–water partition coefficient (Wildman–Crippen LogP) is 4.66. The van der Waals surface area contributed by atoms with Gasteiger partial charge in [0.05, 0.1) is 6.04 Å². The highest BCUT2D eigenvalue weighted by molar-refractivity contribution is 9.10. The highest BCUT2D eigenvalue weighted by Gasteiger charge is 2.52. The minimum Gasteiger partial charge on any atom is -0.314 e. The van der Waals surface area contributed by atoms with Gasteiger partial charge in [-0.25, -0.2) is 4.79 Å². The Labute approximate surface area is 173 Å². The van der Waals surface area contributed by atoms with Crippen molar-refractivity contribution in [3.05, 3.63) is 68.6 Å². The Kier molecular flexibility index (Phi) is 5.12. The lowest BCUT2D eigenvalue weighted by Gasteiger charge is -2.22. The molecule has 0 aliphatic carbocycles. The zero-order valence-electron chi connectivity index (χ0n) is 13.8. The van der Waals surface area contributed by atoms with Gasteiger partial charge in [0.2, 0.25) is 5.12 Å². The lowest BCUT2D eigenvalue weighted by atomic mass is 10.1. The van der Waals surface area contributed by atoms with E-state index in [-0.39, 0.29) is 23.2 Å². The molecule has 0 aromatic heterocycles. The normalized spacial score (nSPS) is 22.2. The fraction of sp³-hybridized carbons (Fsp3) is 0.263. The van der Waals surface area contributed by atoms with E-state index in [9.17, 15) is 9.59 Å². The highest BCUT2D eigenvalue weighted by Crippen LogP contribution is 2.37. The first kappa shape index (κ1) is 18.1. The molecule has 4 nitrogen and oxygen atoms in total. The number of hydrogen-bond acceptors (Lipinski definition) is 3. The van der Waals surface area contributed by atoms with Gasteiger partial charge < -0.3 is 9.80 Å². The molecule has 2 aromatic rings. The van der Waals surface area contributed by atoms with Crippen LogP contribution in [0, 0.1) is 0 Å². The molecule has 0 spiro atoms. The van der Waals surface area contributed by atoms with Crippen molar-refractivity contribution in [2.24, 2.45) is 0 Å². The largest absolute Gasteiger partial charge is 0.321 e. The smallest absolute Gasteiger partial charge is 0.314 e. The highest BCUT2D eigenvalue weighted by atomic mass is 79.9. The number of amides is 2. The third kappa shape index (κ3) is 3.44. The lowest BCUT2D eigenvalue weighted by molar-refractivity contribution is -0.114. The molecule has 2 fully saturated rings. The summed E-state index contributed by atoms with van der Waals surface area (Å²) in [5, 5.41) is 0.0961. The topological polar surface area (TPSA) is 40.6 Å². The molecular weight excluding hydrogens is 480 g/mol. The van der Waals surface area contributed by atoms with Crippen LogP contribution in [-0.2, 0) is 17.9 Å². The van der Waals surface area contributed by atoms with Crippen LogP contribution in [0.15, 0.2) is 57.5 Å². The maximum atomic E-state index is 13.1. The van der Waals surface area contributed by atoms with Gasteiger partial charge in [0.25, 0.3) is 0 Å². The Morgan fingerprint density at radius 2 is 1.35 bits per heavy atom. The third-order valence-electron chi connectivity index (χ3n) is 4.76. The van der Waals surface area contributed by atoms with Crippen LogP contribution >= 0.6 is 43.6 Å². The second kappa shape index (κ2) is 7.37. The maximum Gasteiger partial charge on any atom is 0.321 e. The average molecular weight is 496 g/mol. The van der Waals surface area contributed by atoms with E-state index in [0.717, 1.165) is 20.1 Å². The quantitative estimate of drug-likeness (QED) is 0.579. The molecule has 2 aliphatic rings. The van der Waals surface area contributed by atoms with Gasteiger partial charge >= 0.3 is 6.03 Å². The minimum absolute atomic E-state index is 0.0560. The number of carbonyl (C=O) groups is 2. The molecule has 0 radical (unpaired) electrons. The summed E-state index contributed by atoms with van der Waals surface area (Å²) in [4.78, 5) is 29.1. The lowest BCUT2D eigenvalue weighted by Crippen LogP contribution is -2.38. The van der Waals surface area contributed by atoms with Crippen molar-refractivity contribution in [1.29, 1.82) is 0 Å². The first-order chi connectivity index (χ1) is 12.5. The van der Waals surface area contributed by atoms with Crippen LogP contribution in [0.5, 0.6) is 0 Å². The molecule has 2 aromatic carbocycles. The number of fused-ring (bicyclic) bond motifs is 1. The van der Waals surface area contributed by atoms with Gasteiger partial charge in [0.1, 0.15) is 6.04 Å². The van der Waals surface area contributed by atoms with Gasteiger partial charge in [-0.15, -0.1) is 0 Å². The van der Waals surface area contributed by atoms with Gasteiger partial charge in [0, 0.05) is 27.8 Å². The predicted molar refractivity (Wildman–Crippen MR) is 110 cm³/mol. The Morgan fingerprint density at radius 3 is 1.88 bits per heavy atom. The van der Waals surface area contributed by atoms with Crippen LogP contribution in [0.2, 0.25) is 0 Å². The van der Waals surface area contributed by atoms with Crippen LogP contribution in [0.4, 0.5) is 4.79 Å². The fourth-order valence-electron chi connectivity index (χ4n) is 3.45. The van der Waals surface area contributed by atoms with Gasteiger partial charge in [-0.3, -0.25) is 4.79 Å². The van der Waals surface area contributed by atoms with Crippen molar-refractivity contribution < 1.29 is 9.59 Å². The summed E-state index contributed by atoms with van der Waals surface area (Å²) >= 11 is 8.20. The average Bonchev–Trinajstić information content (AvgIpc) is 3.12.